The molecule has 1 aromatic heterocycles. The number of amides is 1. The second-order valence-electron chi connectivity index (χ2n) is 4.53. The molecule has 0 aliphatic rings. The Hall–Kier alpha value is -3.02. The van der Waals surface area contributed by atoms with Crippen LogP contribution in [0.1, 0.15) is 10.5 Å². The zero-order chi connectivity index (χ0) is 14.8. The number of fused-ring (bicyclic) bond motifs is 1. The summed E-state index contributed by atoms with van der Waals surface area (Å²) >= 11 is 0. The minimum atomic E-state index is -0.292. The van der Waals surface area contributed by atoms with E-state index in [1.165, 1.54) is 7.11 Å². The maximum Gasteiger partial charge on any atom is 0.276 e. The summed E-state index contributed by atoms with van der Waals surface area (Å²) in [4.78, 5) is 12.3. The third kappa shape index (κ3) is 2.38. The predicted molar refractivity (Wildman–Crippen MR) is 81.5 cm³/mol. The molecule has 21 heavy (non-hydrogen) atoms. The van der Waals surface area contributed by atoms with Crippen molar-refractivity contribution in [1.29, 1.82) is 0 Å². The van der Waals surface area contributed by atoms with Gasteiger partial charge in [-0.3, -0.25) is 9.89 Å². The molecule has 106 valence electrons. The Balaban J connectivity index is 1.89. The lowest BCUT2D eigenvalue weighted by atomic mass is 10.2. The van der Waals surface area contributed by atoms with Crippen molar-refractivity contribution < 1.29 is 9.53 Å². The number of hydrogen-bond donors (Lipinski definition) is 3. The van der Waals surface area contributed by atoms with Crippen LogP contribution in [0.25, 0.3) is 10.9 Å². The average Bonchev–Trinajstić information content (AvgIpc) is 2.93. The van der Waals surface area contributed by atoms with Gasteiger partial charge in [0.1, 0.15) is 5.75 Å². The molecule has 0 atom stereocenters. The number of nitrogens with one attached hydrogen (secondary N) is 2. The predicted octanol–water partition coefficient (Wildman–Crippen LogP) is 2.41. The zero-order valence-corrected chi connectivity index (χ0v) is 11.4. The lowest BCUT2D eigenvalue weighted by Gasteiger charge is -2.08. The Morgan fingerprint density at radius 1 is 1.29 bits per heavy atom. The highest BCUT2D eigenvalue weighted by atomic mass is 16.5. The average molecular weight is 282 g/mol. The standard InChI is InChI=1S/C15H14N4O2/c1-21-13-8-9(6-7-11(13)16)17-15(20)14-10-4-2-3-5-12(10)18-19-14/h2-8H,16H2,1H3,(H,17,20)(H,18,19). The van der Waals surface area contributed by atoms with Crippen molar-refractivity contribution in [3.63, 3.8) is 0 Å². The van der Waals surface area contributed by atoms with Crippen molar-refractivity contribution in [2.45, 2.75) is 0 Å². The summed E-state index contributed by atoms with van der Waals surface area (Å²) in [7, 11) is 1.53. The molecular weight excluding hydrogens is 268 g/mol. The number of benzene rings is 2. The quantitative estimate of drug-likeness (QED) is 0.643. The summed E-state index contributed by atoms with van der Waals surface area (Å²) in [6.45, 7) is 0. The van der Waals surface area contributed by atoms with Gasteiger partial charge in [-0.15, -0.1) is 0 Å². The Kier molecular flexibility index (Phi) is 3.19. The van der Waals surface area contributed by atoms with E-state index in [0.717, 1.165) is 10.9 Å². The molecule has 3 rings (SSSR count). The van der Waals surface area contributed by atoms with Crippen LogP contribution in [0.3, 0.4) is 0 Å². The van der Waals surface area contributed by atoms with Gasteiger partial charge < -0.3 is 15.8 Å². The number of nitrogen functional groups attached to an aromatic ring is 1. The first-order chi connectivity index (χ1) is 10.2. The van der Waals surface area contributed by atoms with Gasteiger partial charge in [-0.1, -0.05) is 18.2 Å². The lowest BCUT2D eigenvalue weighted by molar-refractivity contribution is 0.102. The fraction of sp³-hybridized carbons (Fsp3) is 0.0667. The summed E-state index contributed by atoms with van der Waals surface area (Å²) in [5, 5.41) is 10.4. The number of H-pyrrole nitrogens is 1. The number of methoxy groups -OCH3 is 1. The number of carbonyl (C=O) groups excluding carboxylic acids is 1. The van der Waals surface area contributed by atoms with Crippen LogP contribution in [-0.4, -0.2) is 23.2 Å². The Labute approximate surface area is 120 Å². The first-order valence-corrected chi connectivity index (χ1v) is 6.37. The van der Waals surface area contributed by atoms with Gasteiger partial charge in [0.05, 0.1) is 18.3 Å². The van der Waals surface area contributed by atoms with Gasteiger partial charge in [0.2, 0.25) is 0 Å². The van der Waals surface area contributed by atoms with Gasteiger partial charge in [-0.25, -0.2) is 0 Å². The van der Waals surface area contributed by atoms with Gasteiger partial charge in [0.15, 0.2) is 5.69 Å². The summed E-state index contributed by atoms with van der Waals surface area (Å²) < 4.78 is 5.13. The van der Waals surface area contributed by atoms with Crippen LogP contribution >= 0.6 is 0 Å². The van der Waals surface area contributed by atoms with E-state index in [1.807, 2.05) is 24.3 Å². The smallest absolute Gasteiger partial charge is 0.276 e. The van der Waals surface area contributed by atoms with Crippen LogP contribution in [0, 0.1) is 0 Å². The highest BCUT2D eigenvalue weighted by molar-refractivity contribution is 6.11. The SMILES string of the molecule is COc1cc(NC(=O)c2n[nH]c3ccccc23)ccc1N. The number of nitrogens with two attached hydrogens (primary N) is 1. The highest BCUT2D eigenvalue weighted by Crippen LogP contribution is 2.25. The third-order valence-electron chi connectivity index (χ3n) is 3.18. The molecule has 2 aromatic carbocycles. The summed E-state index contributed by atoms with van der Waals surface area (Å²) in [5.74, 6) is 0.221. The largest absolute Gasteiger partial charge is 0.495 e. The van der Waals surface area contributed by atoms with E-state index in [9.17, 15) is 4.79 Å². The fourth-order valence-corrected chi connectivity index (χ4v) is 2.12. The van der Waals surface area contributed by atoms with Gasteiger partial charge >= 0.3 is 0 Å². The minimum Gasteiger partial charge on any atom is -0.495 e. The molecule has 0 radical (unpaired) electrons. The molecule has 6 heteroatoms. The number of hydrogen-bond acceptors (Lipinski definition) is 4. The molecule has 0 bridgehead atoms. The third-order valence-corrected chi connectivity index (χ3v) is 3.18. The molecule has 1 amide bonds. The van der Waals surface area contributed by atoms with E-state index in [0.29, 0.717) is 22.8 Å². The minimum absolute atomic E-state index is 0.292. The first kappa shape index (κ1) is 13.0. The summed E-state index contributed by atoms with van der Waals surface area (Å²) in [5.41, 5.74) is 8.02. The number of rotatable bonds is 3. The number of ether oxygens (including phenoxy) is 1. The second kappa shape index (κ2) is 5.16. The van der Waals surface area contributed by atoms with Crippen LogP contribution in [0.4, 0.5) is 11.4 Å². The van der Waals surface area contributed by atoms with E-state index in [1.54, 1.807) is 18.2 Å². The molecule has 3 aromatic rings. The number of aromatic nitrogens is 2. The molecule has 4 N–H and O–H groups in total. The van der Waals surface area contributed by atoms with Crippen molar-refractivity contribution >= 4 is 28.2 Å². The van der Waals surface area contributed by atoms with E-state index in [2.05, 4.69) is 15.5 Å². The highest BCUT2D eigenvalue weighted by Gasteiger charge is 2.14. The number of carbonyl (C=O) groups is 1. The van der Waals surface area contributed by atoms with Crippen LogP contribution in [0.5, 0.6) is 5.75 Å². The topological polar surface area (TPSA) is 93.0 Å². The van der Waals surface area contributed by atoms with Crippen LogP contribution in [0.2, 0.25) is 0 Å². The number of nitrogens with zero attached hydrogens (tertiary/aromatic N) is 1. The Morgan fingerprint density at radius 2 is 2.10 bits per heavy atom. The summed E-state index contributed by atoms with van der Waals surface area (Å²) in [6, 6.07) is 12.5. The molecule has 0 aliphatic heterocycles. The molecular formula is C15H14N4O2. The number of para-hydroxylation sites is 1. The van der Waals surface area contributed by atoms with E-state index >= 15 is 0 Å². The molecule has 0 spiro atoms. The van der Waals surface area contributed by atoms with Crippen molar-refractivity contribution in [2.75, 3.05) is 18.2 Å². The van der Waals surface area contributed by atoms with Gasteiger partial charge in [0, 0.05) is 17.1 Å². The van der Waals surface area contributed by atoms with Crippen molar-refractivity contribution in [1.82, 2.24) is 10.2 Å². The monoisotopic (exact) mass is 282 g/mol. The molecule has 1 heterocycles. The molecule has 0 unspecified atom stereocenters. The summed E-state index contributed by atoms with van der Waals surface area (Å²) in [6.07, 6.45) is 0. The molecule has 0 saturated carbocycles. The maximum absolute atomic E-state index is 12.3. The molecule has 6 nitrogen and oxygen atoms in total. The van der Waals surface area contributed by atoms with Crippen LogP contribution in [-0.2, 0) is 0 Å². The number of aromatic amines is 1. The van der Waals surface area contributed by atoms with Crippen molar-refractivity contribution in [2.24, 2.45) is 0 Å². The van der Waals surface area contributed by atoms with E-state index in [4.69, 9.17) is 10.5 Å². The Bertz CT molecular complexity index is 810. The van der Waals surface area contributed by atoms with Crippen molar-refractivity contribution in [3.05, 3.63) is 48.2 Å². The van der Waals surface area contributed by atoms with E-state index in [-0.39, 0.29) is 5.91 Å². The van der Waals surface area contributed by atoms with Gasteiger partial charge in [-0.05, 0) is 18.2 Å². The van der Waals surface area contributed by atoms with E-state index < -0.39 is 0 Å². The van der Waals surface area contributed by atoms with Gasteiger partial charge in [-0.2, -0.15) is 5.10 Å². The number of anilines is 2. The normalized spacial score (nSPS) is 10.5. The molecule has 0 saturated heterocycles. The molecule has 0 fully saturated rings. The zero-order valence-electron chi connectivity index (χ0n) is 11.4. The maximum atomic E-state index is 12.3. The van der Waals surface area contributed by atoms with Gasteiger partial charge in [0.25, 0.3) is 5.91 Å². The second-order valence-corrected chi connectivity index (χ2v) is 4.53. The van der Waals surface area contributed by atoms with Crippen LogP contribution < -0.4 is 15.8 Å². The lowest BCUT2D eigenvalue weighted by Crippen LogP contribution is -2.13. The first-order valence-electron chi connectivity index (χ1n) is 6.37. The van der Waals surface area contributed by atoms with Crippen LogP contribution in [0.15, 0.2) is 42.5 Å². The molecule has 0 aliphatic carbocycles. The Morgan fingerprint density at radius 3 is 2.90 bits per heavy atom. The fourth-order valence-electron chi connectivity index (χ4n) is 2.12. The van der Waals surface area contributed by atoms with Crippen molar-refractivity contribution in [3.8, 4) is 5.75 Å².